The fourth-order valence-electron chi connectivity index (χ4n) is 1.97. The molecule has 0 aliphatic carbocycles. The fraction of sp³-hybridized carbons (Fsp3) is 0.176. The van der Waals surface area contributed by atoms with E-state index < -0.39 is 16.7 Å². The Morgan fingerprint density at radius 1 is 1.08 bits per heavy atom. The van der Waals surface area contributed by atoms with Crippen molar-refractivity contribution in [3.8, 4) is 11.5 Å². The summed E-state index contributed by atoms with van der Waals surface area (Å²) in [4.78, 5) is 12.3. The molecular formula is C17H15F3N2O3. The number of nitro benzene ring substituents is 1. The van der Waals surface area contributed by atoms with Crippen LogP contribution in [0.25, 0.3) is 6.08 Å². The Balaban J connectivity index is 2.28. The van der Waals surface area contributed by atoms with E-state index in [4.69, 9.17) is 4.74 Å². The minimum Gasteiger partial charge on any atom is -0.457 e. The van der Waals surface area contributed by atoms with Gasteiger partial charge in [0.25, 0.3) is 5.69 Å². The molecule has 0 aromatic heterocycles. The number of nitro groups is 1. The van der Waals surface area contributed by atoms with Gasteiger partial charge in [-0.3, -0.25) is 10.1 Å². The standard InChI is InChI=1S/C17H15F3N2O3/c1-21(2)10-9-12-11-15(7-8-16(12)22(23)24)25-14-5-3-13(4-6-14)17(18,19)20/h3-11H,1-2H3/b10-9+. The number of ether oxygens (including phenoxy) is 1. The summed E-state index contributed by atoms with van der Waals surface area (Å²) in [6, 6.07) is 8.34. The maximum Gasteiger partial charge on any atom is 0.416 e. The van der Waals surface area contributed by atoms with Gasteiger partial charge in [-0.15, -0.1) is 0 Å². The molecule has 0 unspecified atom stereocenters. The van der Waals surface area contributed by atoms with Crippen molar-refractivity contribution < 1.29 is 22.8 Å². The van der Waals surface area contributed by atoms with Crippen LogP contribution in [-0.2, 0) is 6.18 Å². The number of rotatable bonds is 5. The molecule has 0 aliphatic rings. The number of hydrogen-bond acceptors (Lipinski definition) is 4. The normalized spacial score (nSPS) is 11.6. The van der Waals surface area contributed by atoms with E-state index in [1.54, 1.807) is 31.3 Å². The Bertz CT molecular complexity index is 785. The summed E-state index contributed by atoms with van der Waals surface area (Å²) in [6.07, 6.45) is -1.22. The summed E-state index contributed by atoms with van der Waals surface area (Å²) < 4.78 is 43.2. The molecule has 2 aromatic carbocycles. The van der Waals surface area contributed by atoms with Crippen LogP contribution in [0.3, 0.4) is 0 Å². The molecule has 2 aromatic rings. The maximum absolute atomic E-state index is 12.6. The van der Waals surface area contributed by atoms with E-state index >= 15 is 0 Å². The molecule has 0 N–H and O–H groups in total. The van der Waals surface area contributed by atoms with Gasteiger partial charge in [0.2, 0.25) is 0 Å². The van der Waals surface area contributed by atoms with Crippen LogP contribution in [0.4, 0.5) is 18.9 Å². The maximum atomic E-state index is 12.6. The number of nitrogens with zero attached hydrogens (tertiary/aromatic N) is 2. The van der Waals surface area contributed by atoms with Crippen molar-refractivity contribution in [1.82, 2.24) is 4.90 Å². The van der Waals surface area contributed by atoms with Crippen LogP contribution in [0.1, 0.15) is 11.1 Å². The number of halogens is 3. The van der Waals surface area contributed by atoms with E-state index in [0.717, 1.165) is 12.1 Å². The van der Waals surface area contributed by atoms with Crippen LogP contribution in [0.5, 0.6) is 11.5 Å². The lowest BCUT2D eigenvalue weighted by Crippen LogP contribution is -2.04. The monoisotopic (exact) mass is 352 g/mol. The Morgan fingerprint density at radius 3 is 2.20 bits per heavy atom. The topological polar surface area (TPSA) is 55.6 Å². The molecule has 0 amide bonds. The van der Waals surface area contributed by atoms with Gasteiger partial charge < -0.3 is 9.64 Å². The molecule has 0 atom stereocenters. The molecule has 0 radical (unpaired) electrons. The molecule has 0 fully saturated rings. The summed E-state index contributed by atoms with van der Waals surface area (Å²) in [5.74, 6) is 0.480. The summed E-state index contributed by atoms with van der Waals surface area (Å²) in [7, 11) is 3.54. The molecule has 0 heterocycles. The van der Waals surface area contributed by atoms with Crippen LogP contribution in [0, 0.1) is 10.1 Å². The van der Waals surface area contributed by atoms with Crippen LogP contribution < -0.4 is 4.74 Å². The average Bonchev–Trinajstić information content (AvgIpc) is 2.52. The molecular weight excluding hydrogens is 337 g/mol. The van der Waals surface area contributed by atoms with Crippen LogP contribution >= 0.6 is 0 Å². The molecule has 0 saturated heterocycles. The first kappa shape index (κ1) is 18.3. The van der Waals surface area contributed by atoms with Gasteiger partial charge in [0.05, 0.1) is 16.1 Å². The summed E-state index contributed by atoms with van der Waals surface area (Å²) in [6.45, 7) is 0. The third-order valence-corrected chi connectivity index (χ3v) is 3.17. The molecule has 0 spiro atoms. The lowest BCUT2D eigenvalue weighted by molar-refractivity contribution is -0.385. The second-order valence-electron chi connectivity index (χ2n) is 5.38. The second-order valence-corrected chi connectivity index (χ2v) is 5.38. The summed E-state index contributed by atoms with van der Waals surface area (Å²) >= 11 is 0. The molecule has 2 rings (SSSR count). The highest BCUT2D eigenvalue weighted by Gasteiger charge is 2.30. The van der Waals surface area contributed by atoms with Gasteiger partial charge in [0, 0.05) is 20.2 Å². The van der Waals surface area contributed by atoms with E-state index in [0.29, 0.717) is 5.56 Å². The highest BCUT2D eigenvalue weighted by molar-refractivity contribution is 5.63. The van der Waals surface area contributed by atoms with Crippen molar-refractivity contribution in [3.63, 3.8) is 0 Å². The zero-order valence-electron chi connectivity index (χ0n) is 13.4. The van der Waals surface area contributed by atoms with Crippen LogP contribution in [0.15, 0.2) is 48.7 Å². The number of benzene rings is 2. The van der Waals surface area contributed by atoms with E-state index in [-0.39, 0.29) is 17.2 Å². The molecule has 132 valence electrons. The van der Waals surface area contributed by atoms with Crippen molar-refractivity contribution in [2.45, 2.75) is 6.18 Å². The summed E-state index contributed by atoms with van der Waals surface area (Å²) in [5, 5.41) is 11.1. The number of alkyl halides is 3. The van der Waals surface area contributed by atoms with E-state index in [1.165, 1.54) is 30.3 Å². The Hall–Kier alpha value is -3.03. The molecule has 25 heavy (non-hydrogen) atoms. The van der Waals surface area contributed by atoms with Gasteiger partial charge >= 0.3 is 6.18 Å². The first-order valence-electron chi connectivity index (χ1n) is 7.15. The van der Waals surface area contributed by atoms with E-state index in [9.17, 15) is 23.3 Å². The van der Waals surface area contributed by atoms with E-state index in [1.807, 2.05) is 0 Å². The third kappa shape index (κ3) is 4.97. The Kier molecular flexibility index (Phi) is 5.31. The van der Waals surface area contributed by atoms with Crippen molar-refractivity contribution in [2.75, 3.05) is 14.1 Å². The van der Waals surface area contributed by atoms with Gasteiger partial charge in [0.15, 0.2) is 0 Å². The van der Waals surface area contributed by atoms with Gasteiger partial charge in [-0.1, -0.05) is 0 Å². The van der Waals surface area contributed by atoms with Crippen molar-refractivity contribution in [1.29, 1.82) is 0 Å². The fourth-order valence-corrected chi connectivity index (χ4v) is 1.97. The Morgan fingerprint density at radius 2 is 1.68 bits per heavy atom. The predicted molar refractivity (Wildman–Crippen MR) is 87.3 cm³/mol. The van der Waals surface area contributed by atoms with Gasteiger partial charge in [-0.05, 0) is 48.7 Å². The van der Waals surface area contributed by atoms with Crippen molar-refractivity contribution in [2.24, 2.45) is 0 Å². The summed E-state index contributed by atoms with van der Waals surface area (Å²) in [5.41, 5.74) is -0.556. The predicted octanol–water partition coefficient (Wildman–Crippen LogP) is 4.94. The van der Waals surface area contributed by atoms with Gasteiger partial charge in [-0.25, -0.2) is 0 Å². The number of hydrogen-bond donors (Lipinski definition) is 0. The SMILES string of the molecule is CN(C)/C=C/c1cc(Oc2ccc(C(F)(F)F)cc2)ccc1[N+](=O)[O-]. The van der Waals surface area contributed by atoms with E-state index in [2.05, 4.69) is 0 Å². The van der Waals surface area contributed by atoms with Crippen molar-refractivity contribution in [3.05, 3.63) is 69.9 Å². The smallest absolute Gasteiger partial charge is 0.416 e. The van der Waals surface area contributed by atoms with Crippen molar-refractivity contribution >= 4 is 11.8 Å². The second kappa shape index (κ2) is 7.25. The van der Waals surface area contributed by atoms with Crippen LogP contribution in [0.2, 0.25) is 0 Å². The average molecular weight is 352 g/mol. The highest BCUT2D eigenvalue weighted by atomic mass is 19.4. The zero-order valence-corrected chi connectivity index (χ0v) is 13.4. The highest BCUT2D eigenvalue weighted by Crippen LogP contribution is 2.32. The molecule has 5 nitrogen and oxygen atoms in total. The Labute approximate surface area is 142 Å². The quantitative estimate of drug-likeness (QED) is 0.565. The minimum absolute atomic E-state index is 0.0992. The van der Waals surface area contributed by atoms with Gasteiger partial charge in [-0.2, -0.15) is 13.2 Å². The first-order valence-corrected chi connectivity index (χ1v) is 7.15. The lowest BCUT2D eigenvalue weighted by Gasteiger charge is -2.10. The molecule has 8 heteroatoms. The third-order valence-electron chi connectivity index (χ3n) is 3.17. The first-order chi connectivity index (χ1) is 11.7. The lowest BCUT2D eigenvalue weighted by atomic mass is 10.1. The van der Waals surface area contributed by atoms with Crippen LogP contribution in [-0.4, -0.2) is 23.9 Å². The van der Waals surface area contributed by atoms with Gasteiger partial charge in [0.1, 0.15) is 11.5 Å². The molecule has 0 saturated carbocycles. The minimum atomic E-state index is -4.42. The molecule has 0 bridgehead atoms. The molecule has 0 aliphatic heterocycles. The zero-order chi connectivity index (χ0) is 18.6. The largest absolute Gasteiger partial charge is 0.457 e.